The molecule has 0 saturated carbocycles. The highest BCUT2D eigenvalue weighted by Crippen LogP contribution is 2.40. The summed E-state index contributed by atoms with van der Waals surface area (Å²) in [6.07, 6.45) is 0.990. The maximum atomic E-state index is 13.6. The molecule has 0 bridgehead atoms. The van der Waals surface area contributed by atoms with Crippen LogP contribution in [0.25, 0.3) is 11.0 Å². The first-order valence-corrected chi connectivity index (χ1v) is 12.7. The van der Waals surface area contributed by atoms with Crippen LogP contribution in [0.1, 0.15) is 82.8 Å². The molecule has 36 heavy (non-hydrogen) atoms. The van der Waals surface area contributed by atoms with E-state index in [1.807, 2.05) is 77.3 Å². The van der Waals surface area contributed by atoms with E-state index in [0.29, 0.717) is 31.5 Å². The van der Waals surface area contributed by atoms with Crippen LogP contribution in [0.5, 0.6) is 5.75 Å². The third kappa shape index (κ3) is 5.72. The monoisotopic (exact) mass is 492 g/mol. The fraction of sp³-hybridized carbons (Fsp3) is 0.483. The van der Waals surface area contributed by atoms with E-state index in [-0.39, 0.29) is 40.4 Å². The molecule has 7 nitrogen and oxygen atoms in total. The predicted octanol–water partition coefficient (Wildman–Crippen LogP) is 5.02. The fourth-order valence-electron chi connectivity index (χ4n) is 4.54. The van der Waals surface area contributed by atoms with Crippen LogP contribution < -0.4 is 10.9 Å². The summed E-state index contributed by atoms with van der Waals surface area (Å²) >= 11 is 0. The maximum Gasteiger partial charge on any atom is 0.220 e. The summed E-state index contributed by atoms with van der Waals surface area (Å²) < 4.78 is 3.59. The number of rotatable bonds is 8. The average molecular weight is 493 g/mol. The Morgan fingerprint density at radius 2 is 1.47 bits per heavy atom. The molecule has 1 amide bonds. The zero-order chi connectivity index (χ0) is 26.8. The van der Waals surface area contributed by atoms with Crippen LogP contribution in [0, 0.1) is 5.41 Å². The number of amides is 1. The Morgan fingerprint density at radius 1 is 0.944 bits per heavy atom. The summed E-state index contributed by atoms with van der Waals surface area (Å²) in [6.45, 7) is 15.1. The molecule has 3 aromatic rings. The summed E-state index contributed by atoms with van der Waals surface area (Å²) in [5, 5.41) is 22.7. The van der Waals surface area contributed by atoms with Crippen LogP contribution in [0.3, 0.4) is 0 Å². The zero-order valence-electron chi connectivity index (χ0n) is 22.7. The number of hydrogen-bond acceptors (Lipinski definition) is 4. The van der Waals surface area contributed by atoms with Crippen molar-refractivity contribution < 1.29 is 14.7 Å². The summed E-state index contributed by atoms with van der Waals surface area (Å²) in [4.78, 5) is 25.5. The van der Waals surface area contributed by atoms with Crippen LogP contribution in [-0.2, 0) is 28.7 Å². The van der Waals surface area contributed by atoms with Crippen molar-refractivity contribution in [3.63, 3.8) is 0 Å². The summed E-state index contributed by atoms with van der Waals surface area (Å²) in [6, 6.07) is 11.3. The lowest BCUT2D eigenvalue weighted by Gasteiger charge is -2.28. The fourth-order valence-corrected chi connectivity index (χ4v) is 4.54. The van der Waals surface area contributed by atoms with Gasteiger partial charge in [-0.1, -0.05) is 53.7 Å². The van der Waals surface area contributed by atoms with E-state index in [4.69, 9.17) is 5.41 Å². The Bertz CT molecular complexity index is 1300. The molecule has 194 valence electrons. The second-order valence-electron chi connectivity index (χ2n) is 11.5. The lowest BCUT2D eigenvalue weighted by atomic mass is 9.78. The molecular weight excluding hydrogens is 452 g/mol. The van der Waals surface area contributed by atoms with Crippen molar-refractivity contribution in [1.29, 1.82) is 5.41 Å². The van der Waals surface area contributed by atoms with Gasteiger partial charge in [-0.15, -0.1) is 0 Å². The first kappa shape index (κ1) is 27.2. The van der Waals surface area contributed by atoms with E-state index >= 15 is 0 Å². The average Bonchev–Trinajstić information content (AvgIpc) is 3.03. The number of phenols is 1. The van der Waals surface area contributed by atoms with Gasteiger partial charge in [0, 0.05) is 36.2 Å². The third-order valence-electron chi connectivity index (χ3n) is 6.48. The van der Waals surface area contributed by atoms with Gasteiger partial charge in [0.2, 0.25) is 11.5 Å². The number of imidazole rings is 1. The van der Waals surface area contributed by atoms with Gasteiger partial charge in [-0.25, -0.2) is 0 Å². The van der Waals surface area contributed by atoms with Gasteiger partial charge in [-0.3, -0.25) is 15.0 Å². The zero-order valence-corrected chi connectivity index (χ0v) is 22.7. The van der Waals surface area contributed by atoms with Gasteiger partial charge < -0.3 is 19.6 Å². The molecule has 0 spiro atoms. The molecule has 1 aromatic heterocycles. The number of carbonyl (C=O) groups excluding carboxylic acids is 2. The van der Waals surface area contributed by atoms with Crippen LogP contribution in [0.15, 0.2) is 36.4 Å². The topological polar surface area (TPSA) is 100 Å². The molecule has 0 aliphatic carbocycles. The number of benzene rings is 2. The standard InChI is InChI=1S/C29H40N4O3/c1-8-31-25(35)14-11-15-32-22-12-9-10-13-23(22)33(27(32)30)18-24(34)19-16-20(28(2,3)4)26(36)21(17-19)29(5,6)7/h9-10,12-13,16-17,30,36H,8,11,14-15,18H2,1-7H3,(H,31,35). The van der Waals surface area contributed by atoms with Crippen LogP contribution in [-0.4, -0.2) is 32.5 Å². The number of ketones is 1. The Balaban J connectivity index is 2.00. The molecule has 0 atom stereocenters. The molecule has 0 aliphatic rings. The highest BCUT2D eigenvalue weighted by Gasteiger charge is 2.28. The molecule has 0 aliphatic heterocycles. The molecule has 1 heterocycles. The third-order valence-corrected chi connectivity index (χ3v) is 6.48. The number of nitrogens with zero attached hydrogens (tertiary/aromatic N) is 2. The van der Waals surface area contributed by atoms with Crippen LogP contribution >= 0.6 is 0 Å². The van der Waals surface area contributed by atoms with Gasteiger partial charge in [-0.05, 0) is 48.4 Å². The van der Waals surface area contributed by atoms with Gasteiger partial charge in [0.15, 0.2) is 5.78 Å². The normalized spacial score (nSPS) is 12.2. The molecule has 2 aromatic carbocycles. The minimum absolute atomic E-state index is 0.000168. The molecule has 0 fully saturated rings. The number of phenolic OH excluding ortho intramolecular Hbond substituents is 1. The van der Waals surface area contributed by atoms with Crippen molar-refractivity contribution in [2.45, 2.75) is 85.2 Å². The van der Waals surface area contributed by atoms with E-state index in [9.17, 15) is 14.7 Å². The van der Waals surface area contributed by atoms with E-state index in [0.717, 1.165) is 22.2 Å². The van der Waals surface area contributed by atoms with Gasteiger partial charge in [-0.2, -0.15) is 0 Å². The summed E-state index contributed by atoms with van der Waals surface area (Å²) in [5.74, 6) is 0.124. The number of Topliss-reactive ketones (excluding diaryl/α,β-unsaturated/α-hetero) is 1. The van der Waals surface area contributed by atoms with Crippen molar-refractivity contribution in [2.24, 2.45) is 0 Å². The molecule has 3 rings (SSSR count). The number of aryl methyl sites for hydroxylation is 1. The van der Waals surface area contributed by atoms with E-state index in [1.165, 1.54) is 0 Å². The number of nitrogens with one attached hydrogen (secondary N) is 2. The van der Waals surface area contributed by atoms with Crippen molar-refractivity contribution in [1.82, 2.24) is 14.5 Å². The van der Waals surface area contributed by atoms with Crippen molar-refractivity contribution >= 4 is 22.7 Å². The lowest BCUT2D eigenvalue weighted by molar-refractivity contribution is -0.121. The molecule has 7 heteroatoms. The quantitative estimate of drug-likeness (QED) is 0.385. The SMILES string of the molecule is CCNC(=O)CCCn1c(=N)n(CC(=O)c2cc(C(C)(C)C)c(O)c(C(C)(C)C)c2)c2ccccc21. The van der Waals surface area contributed by atoms with E-state index in [1.54, 1.807) is 16.7 Å². The highest BCUT2D eigenvalue weighted by molar-refractivity contribution is 5.97. The molecule has 0 radical (unpaired) electrons. The largest absolute Gasteiger partial charge is 0.507 e. The van der Waals surface area contributed by atoms with Gasteiger partial charge in [0.25, 0.3) is 0 Å². The Kier molecular flexibility index (Phi) is 7.82. The van der Waals surface area contributed by atoms with Crippen LogP contribution in [0.2, 0.25) is 0 Å². The molecule has 0 unspecified atom stereocenters. The molecule has 0 saturated heterocycles. The minimum Gasteiger partial charge on any atom is -0.507 e. The number of fused-ring (bicyclic) bond motifs is 1. The second kappa shape index (κ2) is 10.3. The second-order valence-corrected chi connectivity index (χ2v) is 11.5. The summed E-state index contributed by atoms with van der Waals surface area (Å²) in [5.41, 5.74) is 3.23. The van der Waals surface area contributed by atoms with Crippen molar-refractivity contribution in [3.05, 3.63) is 58.7 Å². The summed E-state index contributed by atoms with van der Waals surface area (Å²) in [7, 11) is 0. The van der Waals surface area contributed by atoms with Gasteiger partial charge in [0.05, 0.1) is 17.6 Å². The maximum absolute atomic E-state index is 13.6. The highest BCUT2D eigenvalue weighted by atomic mass is 16.3. The van der Waals surface area contributed by atoms with Gasteiger partial charge in [0.1, 0.15) is 5.75 Å². The first-order valence-electron chi connectivity index (χ1n) is 12.7. The number of aromatic hydroxyl groups is 1. The van der Waals surface area contributed by atoms with E-state index < -0.39 is 0 Å². The number of hydrogen-bond donors (Lipinski definition) is 3. The minimum atomic E-state index is -0.339. The Morgan fingerprint density at radius 3 is 1.97 bits per heavy atom. The number of carbonyl (C=O) groups is 2. The van der Waals surface area contributed by atoms with Gasteiger partial charge >= 0.3 is 0 Å². The number of para-hydroxylation sites is 2. The Labute approximate surface area is 213 Å². The van der Waals surface area contributed by atoms with Crippen LogP contribution in [0.4, 0.5) is 0 Å². The smallest absolute Gasteiger partial charge is 0.220 e. The number of aromatic nitrogens is 2. The predicted molar refractivity (Wildman–Crippen MR) is 144 cm³/mol. The van der Waals surface area contributed by atoms with Crippen molar-refractivity contribution in [2.75, 3.05) is 6.54 Å². The van der Waals surface area contributed by atoms with E-state index in [2.05, 4.69) is 5.32 Å². The molecule has 3 N–H and O–H groups in total. The lowest BCUT2D eigenvalue weighted by Crippen LogP contribution is -2.28. The molecular formula is C29H40N4O3. The van der Waals surface area contributed by atoms with Crippen molar-refractivity contribution in [3.8, 4) is 5.75 Å². The Hall–Kier alpha value is -3.35. The first-order chi connectivity index (χ1) is 16.8.